The van der Waals surface area contributed by atoms with Gasteiger partial charge in [0.2, 0.25) is 0 Å². The van der Waals surface area contributed by atoms with Crippen LogP contribution in [0.5, 0.6) is 5.75 Å². The first-order valence-electron chi connectivity index (χ1n) is 11.6. The number of carboxylic acids is 1. The van der Waals surface area contributed by atoms with E-state index in [4.69, 9.17) is 4.74 Å². The summed E-state index contributed by atoms with van der Waals surface area (Å²) in [5, 5.41) is 10.3. The van der Waals surface area contributed by atoms with Crippen LogP contribution in [0.2, 0.25) is 0 Å². The van der Waals surface area contributed by atoms with E-state index in [1.165, 1.54) is 0 Å². The molecule has 0 unspecified atom stereocenters. The van der Waals surface area contributed by atoms with Crippen molar-refractivity contribution >= 4 is 40.1 Å². The minimum Gasteiger partial charge on any atom is -0.489 e. The van der Waals surface area contributed by atoms with Crippen molar-refractivity contribution in [2.45, 2.75) is 13.0 Å². The van der Waals surface area contributed by atoms with Gasteiger partial charge in [-0.25, -0.2) is 4.79 Å². The summed E-state index contributed by atoms with van der Waals surface area (Å²) in [6.07, 6.45) is 0.168. The molecular formula is C30H22N2O4S. The number of aliphatic carboxylic acids is 1. The zero-order chi connectivity index (χ0) is 25.6. The Morgan fingerprint density at radius 3 is 2.03 bits per heavy atom. The molecule has 0 saturated heterocycles. The van der Waals surface area contributed by atoms with Gasteiger partial charge in [0.05, 0.1) is 17.3 Å². The largest absolute Gasteiger partial charge is 0.489 e. The van der Waals surface area contributed by atoms with Crippen molar-refractivity contribution < 1.29 is 19.4 Å². The number of nitrogens with zero attached hydrogens (tertiary/aromatic N) is 2. The van der Waals surface area contributed by atoms with E-state index in [0.717, 1.165) is 22.9 Å². The van der Waals surface area contributed by atoms with Crippen LogP contribution in [0.3, 0.4) is 0 Å². The molecule has 7 heteroatoms. The van der Waals surface area contributed by atoms with Gasteiger partial charge in [-0.05, 0) is 53.1 Å². The number of allylic oxidation sites excluding steroid dienone is 1. The molecule has 0 aliphatic rings. The van der Waals surface area contributed by atoms with Gasteiger partial charge in [0.1, 0.15) is 23.4 Å². The Labute approximate surface area is 217 Å². The number of Topliss-reactive ketones (excluding diaryl/α,β-unsaturated/α-hetero) is 1. The van der Waals surface area contributed by atoms with Crippen LogP contribution >= 0.6 is 11.7 Å². The number of hydrogen-bond acceptors (Lipinski definition) is 6. The summed E-state index contributed by atoms with van der Waals surface area (Å²) >= 11 is 1.06. The highest BCUT2D eigenvalue weighted by atomic mass is 32.1. The maximum absolute atomic E-state index is 13.8. The summed E-state index contributed by atoms with van der Waals surface area (Å²) < 4.78 is 14.3. The zero-order valence-electron chi connectivity index (χ0n) is 19.7. The zero-order valence-corrected chi connectivity index (χ0v) is 20.5. The molecule has 5 rings (SSSR count). The highest BCUT2D eigenvalue weighted by Gasteiger charge is 2.24. The number of hydrogen-bond donors (Lipinski definition) is 1. The first kappa shape index (κ1) is 24.1. The van der Waals surface area contributed by atoms with Crippen LogP contribution in [0.25, 0.3) is 16.6 Å². The summed E-state index contributed by atoms with van der Waals surface area (Å²) in [6, 6.07) is 31.0. The van der Waals surface area contributed by atoms with Gasteiger partial charge < -0.3 is 9.84 Å². The average molecular weight is 507 g/mol. The lowest BCUT2D eigenvalue weighted by molar-refractivity contribution is -0.130. The minimum atomic E-state index is -1.18. The molecule has 1 aromatic heterocycles. The fourth-order valence-corrected chi connectivity index (χ4v) is 4.58. The van der Waals surface area contributed by atoms with Crippen LogP contribution < -0.4 is 4.74 Å². The van der Waals surface area contributed by atoms with Gasteiger partial charge in [0.15, 0.2) is 5.78 Å². The van der Waals surface area contributed by atoms with Crippen molar-refractivity contribution in [1.82, 2.24) is 8.75 Å². The number of ketones is 1. The molecule has 0 atom stereocenters. The Morgan fingerprint density at radius 2 is 1.35 bits per heavy atom. The summed E-state index contributed by atoms with van der Waals surface area (Å²) in [5.74, 6) is -0.911. The molecule has 1 heterocycles. The van der Waals surface area contributed by atoms with E-state index in [-0.39, 0.29) is 23.4 Å². The standard InChI is InChI=1S/C30H22N2O4S/c33-29(22-11-14-24(15-12-22)36-19-21-9-5-2-6-10-21)25(17-20-7-3-1-4-8-20)28(30(34)35)23-13-16-26-27(18-23)32-37-31-26/h1-16,18H,17,19H2,(H,34,35). The monoisotopic (exact) mass is 506 g/mol. The minimum absolute atomic E-state index is 0.0480. The number of aromatic nitrogens is 2. The second-order valence-corrected chi connectivity index (χ2v) is 8.95. The highest BCUT2D eigenvalue weighted by molar-refractivity contribution is 7.00. The molecule has 182 valence electrons. The maximum atomic E-state index is 13.8. The third-order valence-electron chi connectivity index (χ3n) is 5.92. The molecule has 6 nitrogen and oxygen atoms in total. The molecule has 1 N–H and O–H groups in total. The van der Waals surface area contributed by atoms with Gasteiger partial charge in [-0.3, -0.25) is 4.79 Å². The lowest BCUT2D eigenvalue weighted by Gasteiger charge is -2.14. The average Bonchev–Trinajstić information content (AvgIpc) is 3.41. The number of carbonyl (C=O) groups is 2. The first-order valence-corrected chi connectivity index (χ1v) is 12.4. The van der Waals surface area contributed by atoms with Crippen molar-refractivity contribution in [2.75, 3.05) is 0 Å². The SMILES string of the molecule is O=C(O)C(=C(Cc1ccccc1)C(=O)c1ccc(OCc2ccccc2)cc1)c1ccc2nsnc2c1. The second-order valence-electron chi connectivity index (χ2n) is 8.42. The van der Waals surface area contributed by atoms with Crippen LogP contribution in [0, 0.1) is 0 Å². The molecule has 0 spiro atoms. The molecule has 5 aromatic rings. The van der Waals surface area contributed by atoms with Gasteiger partial charge >= 0.3 is 5.97 Å². The third-order valence-corrected chi connectivity index (χ3v) is 6.48. The van der Waals surface area contributed by atoms with Crippen molar-refractivity contribution in [2.24, 2.45) is 0 Å². The molecule has 0 aliphatic carbocycles. The lowest BCUT2D eigenvalue weighted by Crippen LogP contribution is -2.14. The maximum Gasteiger partial charge on any atom is 0.336 e. The van der Waals surface area contributed by atoms with Crippen LogP contribution in [0.15, 0.2) is 109 Å². The van der Waals surface area contributed by atoms with E-state index < -0.39 is 5.97 Å². The summed E-state index contributed by atoms with van der Waals surface area (Å²) in [7, 11) is 0. The lowest BCUT2D eigenvalue weighted by atomic mass is 9.89. The summed E-state index contributed by atoms with van der Waals surface area (Å²) in [6.45, 7) is 0.407. The fraction of sp³-hybridized carbons (Fsp3) is 0.0667. The van der Waals surface area contributed by atoms with Crippen molar-refractivity contribution in [1.29, 1.82) is 0 Å². The smallest absolute Gasteiger partial charge is 0.336 e. The Balaban J connectivity index is 1.51. The van der Waals surface area contributed by atoms with Gasteiger partial charge in [-0.15, -0.1) is 0 Å². The Morgan fingerprint density at radius 1 is 0.730 bits per heavy atom. The van der Waals surface area contributed by atoms with E-state index in [1.54, 1.807) is 42.5 Å². The van der Waals surface area contributed by atoms with Gasteiger partial charge in [0, 0.05) is 17.6 Å². The van der Waals surface area contributed by atoms with Gasteiger partial charge in [-0.1, -0.05) is 66.7 Å². The summed E-state index contributed by atoms with van der Waals surface area (Å²) in [4.78, 5) is 26.3. The number of carbonyl (C=O) groups excluding carboxylic acids is 1. The molecule has 0 bridgehead atoms. The number of ether oxygens (including phenoxy) is 1. The number of rotatable bonds is 9. The van der Waals surface area contributed by atoms with Crippen molar-refractivity contribution in [3.63, 3.8) is 0 Å². The van der Waals surface area contributed by atoms with Crippen molar-refractivity contribution in [3.05, 3.63) is 131 Å². The summed E-state index contributed by atoms with van der Waals surface area (Å²) in [5.41, 5.74) is 4.08. The van der Waals surface area contributed by atoms with Gasteiger partial charge in [-0.2, -0.15) is 8.75 Å². The molecule has 0 saturated carbocycles. The molecule has 0 aliphatic heterocycles. The van der Waals surface area contributed by atoms with Crippen LogP contribution in [0.1, 0.15) is 27.0 Å². The molecule has 0 fully saturated rings. The van der Waals surface area contributed by atoms with E-state index in [2.05, 4.69) is 8.75 Å². The molecule has 0 radical (unpaired) electrons. The van der Waals surface area contributed by atoms with E-state index >= 15 is 0 Å². The predicted molar refractivity (Wildman–Crippen MR) is 144 cm³/mol. The quantitative estimate of drug-likeness (QED) is 0.188. The number of fused-ring (bicyclic) bond motifs is 1. The number of carboxylic acid groups (broad SMARTS) is 1. The van der Waals surface area contributed by atoms with E-state index in [0.29, 0.717) is 34.5 Å². The first-order chi connectivity index (χ1) is 18.1. The Hall–Kier alpha value is -4.62. The topological polar surface area (TPSA) is 89.4 Å². The Kier molecular flexibility index (Phi) is 7.14. The highest BCUT2D eigenvalue weighted by Crippen LogP contribution is 2.28. The molecule has 4 aromatic carbocycles. The van der Waals surface area contributed by atoms with Crippen LogP contribution in [0.4, 0.5) is 0 Å². The van der Waals surface area contributed by atoms with Crippen LogP contribution in [-0.4, -0.2) is 25.6 Å². The second kappa shape index (κ2) is 11.0. The predicted octanol–water partition coefficient (Wildman–Crippen LogP) is 6.23. The molecule has 37 heavy (non-hydrogen) atoms. The van der Waals surface area contributed by atoms with Crippen LogP contribution in [-0.2, 0) is 17.8 Å². The Bertz CT molecular complexity index is 1580. The number of benzene rings is 4. The van der Waals surface area contributed by atoms with E-state index in [1.807, 2.05) is 60.7 Å². The van der Waals surface area contributed by atoms with Gasteiger partial charge in [0.25, 0.3) is 0 Å². The molecular weight excluding hydrogens is 484 g/mol. The van der Waals surface area contributed by atoms with E-state index in [9.17, 15) is 14.7 Å². The molecule has 0 amide bonds. The fourth-order valence-electron chi connectivity index (χ4n) is 4.06. The normalized spacial score (nSPS) is 11.7. The van der Waals surface area contributed by atoms with Crippen molar-refractivity contribution in [3.8, 4) is 5.75 Å². The third kappa shape index (κ3) is 5.63.